The van der Waals surface area contributed by atoms with E-state index in [1.165, 1.54) is 16.0 Å². The molecule has 1 saturated heterocycles. The summed E-state index contributed by atoms with van der Waals surface area (Å²) in [4.78, 5) is 30.8. The van der Waals surface area contributed by atoms with Gasteiger partial charge < -0.3 is 24.4 Å². The van der Waals surface area contributed by atoms with Crippen LogP contribution in [0.25, 0.3) is 0 Å². The van der Waals surface area contributed by atoms with E-state index in [9.17, 15) is 18.9 Å². The Kier molecular flexibility index (Phi) is 9.43. The van der Waals surface area contributed by atoms with E-state index in [0.717, 1.165) is 55.8 Å². The molecule has 3 aliphatic heterocycles. The summed E-state index contributed by atoms with van der Waals surface area (Å²) in [6.45, 7) is 4.67. The summed E-state index contributed by atoms with van der Waals surface area (Å²) < 4.78 is 33.1. The van der Waals surface area contributed by atoms with Gasteiger partial charge in [-0.2, -0.15) is 0 Å². The highest BCUT2D eigenvalue weighted by Gasteiger charge is 2.44. The molecule has 5 aliphatic rings. The standard InChI is InChI=1S/C36H47ClN4O6S/c1-23-5-3-7-32(42)29-11-8-26(29)17-41-21-36(14-4-6-24-15-27(37)10-12-30(24)36)22-47-33-13-9-25(16-31(33)41)34(43)38-48(45,20-23)39-35(44)40-18-28(19-40)46-2/h9-10,12-13,15-16,23,26,28-29,32,42H,3-8,11,14,17-22H2,1-2H3,(H,38,39,43,44,45)/t23-,26-,29+,32-,36-,48-/m0/s1. The minimum atomic E-state index is -3.46. The highest BCUT2D eigenvalue weighted by atomic mass is 35.5. The number of carbonyl (C=O) groups is 2. The molecule has 1 spiro atoms. The van der Waals surface area contributed by atoms with E-state index < -0.39 is 28.0 Å². The van der Waals surface area contributed by atoms with Crippen LogP contribution in [0, 0.1) is 17.8 Å². The molecule has 3 amide bonds. The number of urea groups is 1. The number of halogens is 1. The predicted molar refractivity (Wildman–Crippen MR) is 186 cm³/mol. The number of hydrogen-bond donors (Lipinski definition) is 2. The lowest BCUT2D eigenvalue weighted by Crippen LogP contribution is -2.58. The molecule has 6 atom stereocenters. The van der Waals surface area contributed by atoms with Crippen molar-refractivity contribution in [1.82, 2.24) is 9.62 Å². The number of nitrogens with zero attached hydrogens (tertiary/aromatic N) is 3. The summed E-state index contributed by atoms with van der Waals surface area (Å²) in [5, 5.41) is 12.1. The van der Waals surface area contributed by atoms with Crippen LogP contribution < -0.4 is 14.4 Å². The normalized spacial score (nSPS) is 32.5. The third-order valence-corrected chi connectivity index (χ3v) is 13.6. The molecule has 2 aromatic rings. The van der Waals surface area contributed by atoms with Crippen LogP contribution in [0.5, 0.6) is 5.75 Å². The molecule has 2 bridgehead atoms. The second-order valence-corrected chi connectivity index (χ2v) is 17.2. The van der Waals surface area contributed by atoms with Crippen molar-refractivity contribution in [2.45, 2.75) is 75.9 Å². The van der Waals surface area contributed by atoms with Crippen LogP contribution in [0.2, 0.25) is 5.02 Å². The number of rotatable bonds is 2. The number of ether oxygens (including phenoxy) is 2. The first-order chi connectivity index (χ1) is 23.0. The van der Waals surface area contributed by atoms with Gasteiger partial charge in [0.2, 0.25) is 0 Å². The maximum absolute atomic E-state index is 14.3. The molecule has 2 aliphatic carbocycles. The number of aliphatic hydroxyl groups excluding tert-OH is 1. The molecule has 10 nitrogen and oxygen atoms in total. The Labute approximate surface area is 288 Å². The van der Waals surface area contributed by atoms with Gasteiger partial charge in [-0.25, -0.2) is 9.00 Å². The molecule has 260 valence electrons. The average molecular weight is 699 g/mol. The Bertz CT molecular complexity index is 1690. The monoisotopic (exact) mass is 698 g/mol. The maximum Gasteiger partial charge on any atom is 0.330 e. The molecule has 0 radical (unpaired) electrons. The zero-order chi connectivity index (χ0) is 33.6. The lowest BCUT2D eigenvalue weighted by atomic mass is 9.68. The minimum Gasteiger partial charge on any atom is -0.490 e. The van der Waals surface area contributed by atoms with Gasteiger partial charge in [0.1, 0.15) is 15.7 Å². The summed E-state index contributed by atoms with van der Waals surface area (Å²) in [6, 6.07) is 11.0. The second kappa shape index (κ2) is 13.5. The van der Waals surface area contributed by atoms with Crippen LogP contribution in [0.3, 0.4) is 0 Å². The molecule has 12 heteroatoms. The molecule has 0 unspecified atom stereocenters. The largest absolute Gasteiger partial charge is 0.490 e. The molecule has 2 N–H and O–H groups in total. The fourth-order valence-corrected chi connectivity index (χ4v) is 10.6. The van der Waals surface area contributed by atoms with Gasteiger partial charge in [0.25, 0.3) is 5.91 Å². The van der Waals surface area contributed by atoms with Crippen molar-refractivity contribution in [3.8, 4) is 5.75 Å². The highest BCUT2D eigenvalue weighted by molar-refractivity contribution is 7.92. The molecule has 2 aromatic carbocycles. The summed E-state index contributed by atoms with van der Waals surface area (Å²) in [5.74, 6) is 0.531. The predicted octanol–water partition coefficient (Wildman–Crippen LogP) is 5.58. The van der Waals surface area contributed by atoms with Crippen LogP contribution in [0.4, 0.5) is 10.5 Å². The Morgan fingerprint density at radius 2 is 1.96 bits per heavy atom. The number of aryl methyl sites for hydroxylation is 1. The summed E-state index contributed by atoms with van der Waals surface area (Å²) in [7, 11) is -1.86. The molecular weight excluding hydrogens is 652 g/mol. The lowest BCUT2D eigenvalue weighted by molar-refractivity contribution is -0.00645. The maximum atomic E-state index is 14.3. The van der Waals surface area contributed by atoms with Gasteiger partial charge >= 0.3 is 6.03 Å². The van der Waals surface area contributed by atoms with E-state index in [1.54, 1.807) is 13.2 Å². The van der Waals surface area contributed by atoms with Crippen LogP contribution in [-0.4, -0.2) is 84.0 Å². The number of methoxy groups -OCH3 is 1. The highest BCUT2D eigenvalue weighted by Crippen LogP contribution is 2.47. The summed E-state index contributed by atoms with van der Waals surface area (Å²) >= 11 is 6.43. The Hall–Kier alpha value is -2.86. The van der Waals surface area contributed by atoms with Crippen molar-refractivity contribution in [3.63, 3.8) is 0 Å². The number of aliphatic hydroxyl groups is 1. The molecule has 48 heavy (non-hydrogen) atoms. The summed E-state index contributed by atoms with van der Waals surface area (Å²) in [6.07, 6.45) is 6.63. The fraction of sp³-hybridized carbons (Fsp3) is 0.611. The van der Waals surface area contributed by atoms with E-state index in [-0.39, 0.29) is 29.1 Å². The van der Waals surface area contributed by atoms with Crippen LogP contribution in [-0.2, 0) is 26.5 Å². The van der Waals surface area contributed by atoms with Crippen LogP contribution in [0.15, 0.2) is 40.8 Å². The smallest absolute Gasteiger partial charge is 0.330 e. The Balaban J connectivity index is 1.26. The topological polar surface area (TPSA) is 121 Å². The fourth-order valence-electron chi connectivity index (χ4n) is 8.46. The number of hydrogen-bond acceptors (Lipinski definition) is 7. The number of fused-ring (bicyclic) bond motifs is 4. The molecular formula is C36H47ClN4O6S. The van der Waals surface area contributed by atoms with Gasteiger partial charge in [-0.15, -0.1) is 4.36 Å². The Morgan fingerprint density at radius 1 is 1.12 bits per heavy atom. The molecule has 7 rings (SSSR count). The second-order valence-electron chi connectivity index (χ2n) is 14.8. The molecule has 0 aromatic heterocycles. The van der Waals surface area contributed by atoms with Gasteiger partial charge in [0.05, 0.1) is 43.3 Å². The van der Waals surface area contributed by atoms with E-state index in [1.807, 2.05) is 25.1 Å². The van der Waals surface area contributed by atoms with E-state index in [0.29, 0.717) is 56.3 Å². The van der Waals surface area contributed by atoms with E-state index >= 15 is 0 Å². The first-order valence-electron chi connectivity index (χ1n) is 17.4. The van der Waals surface area contributed by atoms with Crippen molar-refractivity contribution < 1.29 is 28.4 Å². The van der Waals surface area contributed by atoms with Crippen molar-refractivity contribution in [3.05, 3.63) is 58.1 Å². The Morgan fingerprint density at radius 3 is 2.73 bits per heavy atom. The van der Waals surface area contributed by atoms with Gasteiger partial charge in [-0.1, -0.05) is 31.0 Å². The van der Waals surface area contributed by atoms with Crippen molar-refractivity contribution in [2.24, 2.45) is 22.1 Å². The first kappa shape index (κ1) is 33.6. The van der Waals surface area contributed by atoms with E-state index in [4.69, 9.17) is 21.1 Å². The SMILES string of the molecule is COC1CN(C(=O)N[S@@]2(=O)=NC(=O)c3ccc4c(c3)N(C[C@@H]3CC[C@H]3[C@@H](O)CCC[C@H](C)C2)C[C@@]2(CCCc3cc(Cl)ccc32)CO4)C1. The van der Waals surface area contributed by atoms with Gasteiger partial charge in [0.15, 0.2) is 0 Å². The summed E-state index contributed by atoms with van der Waals surface area (Å²) in [5.41, 5.74) is 3.35. The van der Waals surface area contributed by atoms with E-state index in [2.05, 4.69) is 26.1 Å². The first-order valence-corrected chi connectivity index (χ1v) is 19.5. The molecule has 3 heterocycles. The number of likely N-dealkylation sites (tertiary alicyclic amines) is 1. The zero-order valence-electron chi connectivity index (χ0n) is 27.9. The third-order valence-electron chi connectivity index (χ3n) is 11.4. The molecule has 1 saturated carbocycles. The van der Waals surface area contributed by atoms with Crippen molar-refractivity contribution in [2.75, 3.05) is 50.5 Å². The van der Waals surface area contributed by atoms with Gasteiger partial charge in [-0.05, 0) is 104 Å². The number of nitrogens with one attached hydrogen (secondary N) is 1. The van der Waals surface area contributed by atoms with Gasteiger partial charge in [0, 0.05) is 36.2 Å². The molecule has 2 fully saturated rings. The minimum absolute atomic E-state index is 0.0420. The van der Waals surface area contributed by atoms with Crippen molar-refractivity contribution >= 4 is 39.1 Å². The average Bonchev–Trinajstić information content (AvgIpc) is 3.14. The quantitative estimate of drug-likeness (QED) is 0.420. The number of anilines is 1. The third kappa shape index (κ3) is 6.67. The number of benzene rings is 2. The van der Waals surface area contributed by atoms with Gasteiger partial charge in [-0.3, -0.25) is 9.52 Å². The van der Waals surface area contributed by atoms with Crippen LogP contribution >= 0.6 is 11.6 Å². The number of carbonyl (C=O) groups excluding carboxylic acids is 2. The zero-order valence-corrected chi connectivity index (χ0v) is 29.4. The van der Waals surface area contributed by atoms with Crippen LogP contribution in [0.1, 0.15) is 73.4 Å². The number of amides is 3. The lowest BCUT2D eigenvalue weighted by Gasteiger charge is -2.45. The van der Waals surface area contributed by atoms with Crippen molar-refractivity contribution in [1.29, 1.82) is 0 Å².